The summed E-state index contributed by atoms with van der Waals surface area (Å²) < 4.78 is 1.89. The van der Waals surface area contributed by atoms with Crippen molar-refractivity contribution in [2.75, 3.05) is 0 Å². The summed E-state index contributed by atoms with van der Waals surface area (Å²) in [5, 5.41) is 19.3. The molecule has 4 nitrogen and oxygen atoms in total. The van der Waals surface area contributed by atoms with E-state index in [-0.39, 0.29) is 18.2 Å². The summed E-state index contributed by atoms with van der Waals surface area (Å²) in [5.74, 6) is -0.944. The van der Waals surface area contributed by atoms with Crippen molar-refractivity contribution in [3.63, 3.8) is 0 Å². The van der Waals surface area contributed by atoms with Gasteiger partial charge in [-0.05, 0) is 19.9 Å². The minimum absolute atomic E-state index is 0.0840. The Balaban J connectivity index is 2.86. The number of aliphatic hydroxyl groups is 1. The first-order chi connectivity index (χ1) is 8.06. The average Bonchev–Trinajstić information content (AvgIpc) is 2.67. The maximum atomic E-state index is 11.2. The Hall–Kier alpha value is -1.81. The second-order valence-corrected chi connectivity index (χ2v) is 4.32. The third-order valence-corrected chi connectivity index (χ3v) is 2.89. The molecule has 0 aliphatic rings. The summed E-state index contributed by atoms with van der Waals surface area (Å²) in [7, 11) is 0. The van der Waals surface area contributed by atoms with E-state index in [1.165, 1.54) is 0 Å². The highest BCUT2D eigenvalue weighted by atomic mass is 16.4. The van der Waals surface area contributed by atoms with E-state index in [0.717, 1.165) is 10.9 Å². The van der Waals surface area contributed by atoms with Crippen LogP contribution in [-0.2, 0) is 6.61 Å². The topological polar surface area (TPSA) is 62.5 Å². The van der Waals surface area contributed by atoms with Crippen LogP contribution in [0, 0.1) is 0 Å². The second-order valence-electron chi connectivity index (χ2n) is 4.32. The molecule has 1 aromatic carbocycles. The molecule has 0 aliphatic heterocycles. The van der Waals surface area contributed by atoms with Crippen molar-refractivity contribution in [2.24, 2.45) is 0 Å². The van der Waals surface area contributed by atoms with Crippen molar-refractivity contribution in [3.05, 3.63) is 35.5 Å². The number of aromatic nitrogens is 1. The molecule has 0 saturated heterocycles. The molecule has 4 heteroatoms. The van der Waals surface area contributed by atoms with Crippen LogP contribution < -0.4 is 0 Å². The number of nitrogens with zero attached hydrogens (tertiary/aromatic N) is 1. The minimum Gasteiger partial charge on any atom is -0.478 e. The van der Waals surface area contributed by atoms with Crippen LogP contribution in [0.5, 0.6) is 0 Å². The Morgan fingerprint density at radius 3 is 2.65 bits per heavy atom. The predicted molar refractivity (Wildman–Crippen MR) is 65.2 cm³/mol. The number of fused-ring (bicyclic) bond motifs is 1. The third kappa shape index (κ3) is 1.80. The van der Waals surface area contributed by atoms with Gasteiger partial charge in [-0.2, -0.15) is 0 Å². The number of aliphatic hydroxyl groups excluding tert-OH is 1. The van der Waals surface area contributed by atoms with Gasteiger partial charge in [0.25, 0.3) is 0 Å². The fourth-order valence-electron chi connectivity index (χ4n) is 2.09. The smallest absolute Gasteiger partial charge is 0.337 e. The quantitative estimate of drug-likeness (QED) is 0.855. The number of carboxylic acids is 1. The van der Waals surface area contributed by atoms with Gasteiger partial charge < -0.3 is 14.8 Å². The molecule has 1 aromatic heterocycles. The molecule has 0 radical (unpaired) electrons. The zero-order chi connectivity index (χ0) is 12.6. The Bertz CT molecular complexity index is 569. The van der Waals surface area contributed by atoms with Crippen LogP contribution in [0.15, 0.2) is 24.4 Å². The lowest BCUT2D eigenvalue weighted by molar-refractivity contribution is 0.0698. The largest absolute Gasteiger partial charge is 0.478 e. The predicted octanol–water partition coefficient (Wildman–Crippen LogP) is 2.41. The number of para-hydroxylation sites is 1. The summed E-state index contributed by atoms with van der Waals surface area (Å²) in [4.78, 5) is 11.2. The minimum atomic E-state index is -0.944. The number of rotatable bonds is 3. The molecule has 0 unspecified atom stereocenters. The molecular weight excluding hydrogens is 218 g/mol. The lowest BCUT2D eigenvalue weighted by Crippen LogP contribution is -2.04. The molecule has 0 bridgehead atoms. The van der Waals surface area contributed by atoms with Crippen molar-refractivity contribution in [1.82, 2.24) is 4.57 Å². The number of carbonyl (C=O) groups is 1. The van der Waals surface area contributed by atoms with E-state index in [0.29, 0.717) is 5.52 Å². The first kappa shape index (κ1) is 11.7. The van der Waals surface area contributed by atoms with Crippen LogP contribution >= 0.6 is 0 Å². The monoisotopic (exact) mass is 233 g/mol. The number of hydrogen-bond donors (Lipinski definition) is 2. The van der Waals surface area contributed by atoms with E-state index < -0.39 is 5.97 Å². The van der Waals surface area contributed by atoms with Crippen molar-refractivity contribution in [3.8, 4) is 0 Å². The van der Waals surface area contributed by atoms with Gasteiger partial charge in [0.1, 0.15) is 0 Å². The van der Waals surface area contributed by atoms with Crippen LogP contribution in [0.1, 0.15) is 35.8 Å². The van der Waals surface area contributed by atoms with Crippen molar-refractivity contribution in [2.45, 2.75) is 26.5 Å². The van der Waals surface area contributed by atoms with Crippen LogP contribution in [0.4, 0.5) is 0 Å². The molecule has 2 aromatic rings. The van der Waals surface area contributed by atoms with Gasteiger partial charge in [-0.25, -0.2) is 4.79 Å². The molecule has 90 valence electrons. The molecular formula is C13H15NO3. The van der Waals surface area contributed by atoms with E-state index in [1.54, 1.807) is 12.1 Å². The molecule has 2 rings (SSSR count). The van der Waals surface area contributed by atoms with E-state index in [2.05, 4.69) is 0 Å². The standard InChI is InChI=1S/C13H15NO3/c1-8(2)14-6-9(7-15)10-4-3-5-11(12(10)14)13(16)17/h3-6,8,15H,7H2,1-2H3,(H,16,17). The summed E-state index contributed by atoms with van der Waals surface area (Å²) in [5.41, 5.74) is 1.71. The number of carboxylic acid groups (broad SMARTS) is 1. The van der Waals surface area contributed by atoms with E-state index in [4.69, 9.17) is 0 Å². The lowest BCUT2D eigenvalue weighted by Gasteiger charge is -2.10. The van der Waals surface area contributed by atoms with E-state index in [9.17, 15) is 15.0 Å². The van der Waals surface area contributed by atoms with Gasteiger partial charge in [0.15, 0.2) is 0 Å². The van der Waals surface area contributed by atoms with Crippen molar-refractivity contribution >= 4 is 16.9 Å². The Morgan fingerprint density at radius 2 is 2.12 bits per heavy atom. The molecule has 1 heterocycles. The highest BCUT2D eigenvalue weighted by Crippen LogP contribution is 2.27. The first-order valence-electron chi connectivity index (χ1n) is 5.52. The van der Waals surface area contributed by atoms with Gasteiger partial charge in [-0.3, -0.25) is 0 Å². The molecule has 17 heavy (non-hydrogen) atoms. The van der Waals surface area contributed by atoms with Crippen LogP contribution in [0.3, 0.4) is 0 Å². The molecule has 0 atom stereocenters. The zero-order valence-electron chi connectivity index (χ0n) is 9.84. The van der Waals surface area contributed by atoms with E-state index in [1.807, 2.05) is 30.7 Å². The Morgan fingerprint density at radius 1 is 1.41 bits per heavy atom. The molecule has 0 spiro atoms. The molecule has 0 amide bonds. The molecule has 0 saturated carbocycles. The first-order valence-corrected chi connectivity index (χ1v) is 5.52. The summed E-state index contributed by atoms with van der Waals surface area (Å²) in [6, 6.07) is 5.28. The number of aromatic carboxylic acids is 1. The average molecular weight is 233 g/mol. The second kappa shape index (κ2) is 4.22. The van der Waals surface area contributed by atoms with Crippen LogP contribution in [0.2, 0.25) is 0 Å². The van der Waals surface area contributed by atoms with Gasteiger partial charge in [0.2, 0.25) is 0 Å². The van der Waals surface area contributed by atoms with Gasteiger partial charge in [0, 0.05) is 23.2 Å². The summed E-state index contributed by atoms with van der Waals surface area (Å²) >= 11 is 0. The highest BCUT2D eigenvalue weighted by molar-refractivity contribution is 6.03. The molecule has 0 fully saturated rings. The van der Waals surface area contributed by atoms with Gasteiger partial charge in [0.05, 0.1) is 17.7 Å². The third-order valence-electron chi connectivity index (χ3n) is 2.89. The number of hydrogen-bond acceptors (Lipinski definition) is 2. The summed E-state index contributed by atoms with van der Waals surface area (Å²) in [6.07, 6.45) is 1.82. The Labute approximate surface area is 99.1 Å². The van der Waals surface area contributed by atoms with Crippen molar-refractivity contribution in [1.29, 1.82) is 0 Å². The SMILES string of the molecule is CC(C)n1cc(CO)c2cccc(C(=O)O)c21. The van der Waals surface area contributed by atoms with E-state index >= 15 is 0 Å². The van der Waals surface area contributed by atoms with Gasteiger partial charge in [-0.1, -0.05) is 12.1 Å². The highest BCUT2D eigenvalue weighted by Gasteiger charge is 2.16. The number of benzene rings is 1. The van der Waals surface area contributed by atoms with Crippen molar-refractivity contribution < 1.29 is 15.0 Å². The van der Waals surface area contributed by atoms with Crippen LogP contribution in [0.25, 0.3) is 10.9 Å². The fourth-order valence-corrected chi connectivity index (χ4v) is 2.09. The zero-order valence-corrected chi connectivity index (χ0v) is 9.84. The lowest BCUT2D eigenvalue weighted by atomic mass is 10.1. The maximum Gasteiger partial charge on any atom is 0.337 e. The molecule has 2 N–H and O–H groups in total. The van der Waals surface area contributed by atoms with Crippen LogP contribution in [-0.4, -0.2) is 20.7 Å². The van der Waals surface area contributed by atoms with Gasteiger partial charge in [-0.15, -0.1) is 0 Å². The fraction of sp³-hybridized carbons (Fsp3) is 0.308. The normalized spacial score (nSPS) is 11.3. The summed E-state index contributed by atoms with van der Waals surface area (Å²) in [6.45, 7) is 3.89. The Kier molecular flexibility index (Phi) is 2.90. The van der Waals surface area contributed by atoms with Gasteiger partial charge >= 0.3 is 5.97 Å². The molecule has 0 aliphatic carbocycles. The maximum absolute atomic E-state index is 11.2.